The number of amides is 4. The van der Waals surface area contributed by atoms with Crippen molar-refractivity contribution in [2.45, 2.75) is 31.8 Å². The van der Waals surface area contributed by atoms with E-state index in [1.54, 1.807) is 24.3 Å². The zero-order chi connectivity index (χ0) is 19.0. The Balaban J connectivity index is 1.43. The molecule has 2 aliphatic rings. The molecule has 4 rings (SSSR count). The van der Waals surface area contributed by atoms with Crippen LogP contribution in [0.2, 0.25) is 0 Å². The number of carbonyl (C=O) groups excluding carboxylic acids is 3. The van der Waals surface area contributed by atoms with E-state index in [9.17, 15) is 14.4 Å². The average Bonchev–Trinajstić information content (AvgIpc) is 3.49. The zero-order valence-electron chi connectivity index (χ0n) is 15.1. The molecule has 0 unspecified atom stereocenters. The summed E-state index contributed by atoms with van der Waals surface area (Å²) in [5.41, 5.74) is 1.27. The molecule has 0 bridgehead atoms. The Morgan fingerprint density at radius 1 is 1.11 bits per heavy atom. The second-order valence-corrected chi connectivity index (χ2v) is 7.32. The lowest BCUT2D eigenvalue weighted by Crippen LogP contribution is -2.46. The number of carbonyl (C=O) groups is 3. The van der Waals surface area contributed by atoms with Gasteiger partial charge in [-0.1, -0.05) is 30.3 Å². The van der Waals surface area contributed by atoms with Gasteiger partial charge in [-0.25, -0.2) is 4.79 Å². The van der Waals surface area contributed by atoms with Crippen molar-refractivity contribution in [3.05, 3.63) is 65.7 Å². The Morgan fingerprint density at radius 2 is 1.78 bits per heavy atom. The number of benzene rings is 2. The molecule has 2 aromatic carbocycles. The topological polar surface area (TPSA) is 78.5 Å². The highest BCUT2D eigenvalue weighted by Gasteiger charge is 2.55. The monoisotopic (exact) mass is 363 g/mol. The van der Waals surface area contributed by atoms with E-state index in [0.717, 1.165) is 24.1 Å². The molecule has 2 fully saturated rings. The first-order chi connectivity index (χ1) is 13.0. The summed E-state index contributed by atoms with van der Waals surface area (Å²) in [6.07, 6.45) is 1.95. The van der Waals surface area contributed by atoms with E-state index in [1.165, 1.54) is 4.90 Å². The summed E-state index contributed by atoms with van der Waals surface area (Å²) in [7, 11) is 0. The standard InChI is InChI=1S/C21H21N3O3/c1-21(16-11-12-16)19(26)24(20(27)23-21)13-14-7-9-15(10-8-14)18(25)22-17-5-3-2-4-6-17/h2-10,16H,11-13H2,1H3,(H,22,25)(H,23,27)/t21-/m1/s1. The Hall–Kier alpha value is -3.15. The molecule has 0 radical (unpaired) electrons. The average molecular weight is 363 g/mol. The van der Waals surface area contributed by atoms with Crippen LogP contribution < -0.4 is 10.6 Å². The van der Waals surface area contributed by atoms with Gasteiger partial charge in [-0.2, -0.15) is 0 Å². The number of hydrogen-bond donors (Lipinski definition) is 2. The SMILES string of the molecule is C[C@]1(C2CC2)NC(=O)N(Cc2ccc(C(=O)Nc3ccccc3)cc2)C1=O. The Kier molecular flexibility index (Phi) is 4.18. The fourth-order valence-electron chi connectivity index (χ4n) is 3.47. The smallest absolute Gasteiger partial charge is 0.323 e. The van der Waals surface area contributed by atoms with Gasteiger partial charge in [0.05, 0.1) is 6.54 Å². The first kappa shape index (κ1) is 17.3. The van der Waals surface area contributed by atoms with Crippen LogP contribution in [0.15, 0.2) is 54.6 Å². The van der Waals surface area contributed by atoms with Crippen LogP contribution in [0.1, 0.15) is 35.7 Å². The van der Waals surface area contributed by atoms with Crippen LogP contribution in [0.25, 0.3) is 0 Å². The highest BCUT2D eigenvalue weighted by atomic mass is 16.2. The van der Waals surface area contributed by atoms with E-state index in [2.05, 4.69) is 10.6 Å². The van der Waals surface area contributed by atoms with Gasteiger partial charge in [0.2, 0.25) is 0 Å². The Bertz CT molecular complexity index is 891. The van der Waals surface area contributed by atoms with Gasteiger partial charge in [0, 0.05) is 11.3 Å². The van der Waals surface area contributed by atoms with Crippen LogP contribution in [-0.4, -0.2) is 28.3 Å². The molecule has 1 aliphatic heterocycles. The maximum Gasteiger partial charge on any atom is 0.325 e. The van der Waals surface area contributed by atoms with Gasteiger partial charge in [-0.05, 0) is 55.5 Å². The molecule has 27 heavy (non-hydrogen) atoms. The van der Waals surface area contributed by atoms with E-state index < -0.39 is 5.54 Å². The third kappa shape index (κ3) is 3.30. The third-order valence-electron chi connectivity index (χ3n) is 5.28. The minimum atomic E-state index is -0.771. The predicted octanol–water partition coefficient (Wildman–Crippen LogP) is 3.16. The van der Waals surface area contributed by atoms with Crippen LogP contribution in [0.4, 0.5) is 10.5 Å². The lowest BCUT2D eigenvalue weighted by Gasteiger charge is -2.21. The van der Waals surface area contributed by atoms with E-state index in [-0.39, 0.29) is 30.3 Å². The van der Waals surface area contributed by atoms with Gasteiger partial charge in [0.1, 0.15) is 5.54 Å². The van der Waals surface area contributed by atoms with Crippen LogP contribution in [-0.2, 0) is 11.3 Å². The van der Waals surface area contributed by atoms with Gasteiger partial charge in [0.25, 0.3) is 11.8 Å². The van der Waals surface area contributed by atoms with Crippen LogP contribution in [0.5, 0.6) is 0 Å². The van der Waals surface area contributed by atoms with Crippen molar-refractivity contribution >= 4 is 23.5 Å². The molecule has 0 aromatic heterocycles. The van der Waals surface area contributed by atoms with Crippen molar-refractivity contribution < 1.29 is 14.4 Å². The molecular weight excluding hydrogens is 342 g/mol. The van der Waals surface area contributed by atoms with Gasteiger partial charge < -0.3 is 10.6 Å². The first-order valence-corrected chi connectivity index (χ1v) is 9.07. The minimum Gasteiger partial charge on any atom is -0.323 e. The molecule has 6 heteroatoms. The number of hydrogen-bond acceptors (Lipinski definition) is 3. The molecule has 1 saturated carbocycles. The number of nitrogens with zero attached hydrogens (tertiary/aromatic N) is 1. The molecule has 4 amide bonds. The van der Waals surface area contributed by atoms with Crippen molar-refractivity contribution in [1.82, 2.24) is 10.2 Å². The van der Waals surface area contributed by atoms with Gasteiger partial charge in [0.15, 0.2) is 0 Å². The molecule has 2 aromatic rings. The van der Waals surface area contributed by atoms with Gasteiger partial charge in [-0.15, -0.1) is 0 Å². The summed E-state index contributed by atoms with van der Waals surface area (Å²) >= 11 is 0. The lowest BCUT2D eigenvalue weighted by molar-refractivity contribution is -0.131. The Labute approximate surface area is 157 Å². The number of nitrogens with one attached hydrogen (secondary N) is 2. The molecule has 6 nitrogen and oxygen atoms in total. The Morgan fingerprint density at radius 3 is 2.41 bits per heavy atom. The second-order valence-electron chi connectivity index (χ2n) is 7.32. The fourth-order valence-corrected chi connectivity index (χ4v) is 3.47. The molecule has 138 valence electrons. The summed E-state index contributed by atoms with van der Waals surface area (Å²) in [4.78, 5) is 38.5. The molecular formula is C21H21N3O3. The molecule has 1 saturated heterocycles. The number of anilines is 1. The summed E-state index contributed by atoms with van der Waals surface area (Å²) in [5.74, 6) is -0.132. The van der Waals surface area contributed by atoms with E-state index in [4.69, 9.17) is 0 Å². The summed E-state index contributed by atoms with van der Waals surface area (Å²) in [6, 6.07) is 15.8. The van der Waals surface area contributed by atoms with Crippen molar-refractivity contribution in [3.63, 3.8) is 0 Å². The summed E-state index contributed by atoms with van der Waals surface area (Å²) in [5, 5.41) is 5.67. The van der Waals surface area contributed by atoms with Crippen LogP contribution in [0.3, 0.4) is 0 Å². The molecule has 1 aliphatic carbocycles. The molecule has 0 spiro atoms. The minimum absolute atomic E-state index is 0.166. The second kappa shape index (κ2) is 6.54. The maximum absolute atomic E-state index is 12.7. The van der Waals surface area contributed by atoms with Gasteiger partial charge in [-0.3, -0.25) is 14.5 Å². The normalized spacial score (nSPS) is 21.9. The summed E-state index contributed by atoms with van der Waals surface area (Å²) in [6.45, 7) is 2.01. The fraction of sp³-hybridized carbons (Fsp3) is 0.286. The number of para-hydroxylation sites is 1. The quantitative estimate of drug-likeness (QED) is 0.801. The lowest BCUT2D eigenvalue weighted by atomic mass is 9.96. The highest BCUT2D eigenvalue weighted by molar-refractivity contribution is 6.07. The van der Waals surface area contributed by atoms with Crippen molar-refractivity contribution in [3.8, 4) is 0 Å². The number of imide groups is 1. The third-order valence-corrected chi connectivity index (χ3v) is 5.28. The number of urea groups is 1. The predicted molar refractivity (Wildman–Crippen MR) is 101 cm³/mol. The van der Waals surface area contributed by atoms with E-state index in [1.807, 2.05) is 37.3 Å². The largest absolute Gasteiger partial charge is 0.325 e. The molecule has 1 atom stereocenters. The van der Waals surface area contributed by atoms with Gasteiger partial charge >= 0.3 is 6.03 Å². The van der Waals surface area contributed by atoms with Crippen molar-refractivity contribution in [2.75, 3.05) is 5.32 Å². The summed E-state index contributed by atoms with van der Waals surface area (Å²) < 4.78 is 0. The zero-order valence-corrected chi connectivity index (χ0v) is 15.1. The maximum atomic E-state index is 12.7. The van der Waals surface area contributed by atoms with Crippen LogP contribution >= 0.6 is 0 Å². The van der Waals surface area contributed by atoms with E-state index in [0.29, 0.717) is 5.56 Å². The van der Waals surface area contributed by atoms with Crippen LogP contribution in [0, 0.1) is 5.92 Å². The first-order valence-electron chi connectivity index (χ1n) is 9.07. The highest BCUT2D eigenvalue weighted by Crippen LogP contribution is 2.42. The molecule has 2 N–H and O–H groups in total. The number of rotatable bonds is 5. The van der Waals surface area contributed by atoms with Crippen molar-refractivity contribution in [1.29, 1.82) is 0 Å². The van der Waals surface area contributed by atoms with Crippen molar-refractivity contribution in [2.24, 2.45) is 5.92 Å². The van der Waals surface area contributed by atoms with E-state index >= 15 is 0 Å². The molecule has 1 heterocycles.